The Morgan fingerprint density at radius 1 is 0.465 bits per heavy atom. The smallest absolute Gasteiger partial charge is 0.0701 e. The van der Waals surface area contributed by atoms with E-state index >= 15 is 0 Å². The van der Waals surface area contributed by atoms with Gasteiger partial charge in [-0.25, -0.2) is 0 Å². The predicted molar refractivity (Wildman–Crippen MR) is 174 cm³/mol. The number of unbranched alkanes of at least 4 members (excludes halogenated alkanes) is 6. The maximum atomic E-state index is 5.94. The molecule has 1 rings (SSSR count). The van der Waals surface area contributed by atoms with Crippen LogP contribution in [-0.4, -0.2) is 106 Å². The third-order valence-electron chi connectivity index (χ3n) is 6.80. The molecule has 0 fully saturated rings. The molecule has 0 radical (unpaired) electrons. The number of ether oxygens (including phenoxy) is 8. The zero-order valence-corrected chi connectivity index (χ0v) is 27.4. The van der Waals surface area contributed by atoms with Crippen LogP contribution in [0.1, 0.15) is 82.3 Å². The lowest BCUT2D eigenvalue weighted by atomic mass is 9.99. The highest BCUT2D eigenvalue weighted by atomic mass is 16.6. The highest BCUT2D eigenvalue weighted by molar-refractivity contribution is 5.47. The molecular weight excluding hydrogens is 548 g/mol. The van der Waals surface area contributed by atoms with Gasteiger partial charge in [0, 0.05) is 19.1 Å². The summed E-state index contributed by atoms with van der Waals surface area (Å²) in [6.45, 7) is 17.8. The fourth-order valence-corrected chi connectivity index (χ4v) is 4.18. The van der Waals surface area contributed by atoms with Gasteiger partial charge in [-0.2, -0.15) is 0 Å². The average molecular weight is 611 g/mol. The topological polar surface area (TPSA) is 73.8 Å². The van der Waals surface area contributed by atoms with Crippen molar-refractivity contribution in [1.82, 2.24) is 0 Å². The van der Waals surface area contributed by atoms with E-state index in [1.54, 1.807) is 0 Å². The van der Waals surface area contributed by atoms with Crippen molar-refractivity contribution in [2.24, 2.45) is 0 Å². The predicted octanol–water partition coefficient (Wildman–Crippen LogP) is 6.71. The minimum absolute atomic E-state index is 0.120. The van der Waals surface area contributed by atoms with Crippen LogP contribution in [0.3, 0.4) is 0 Å². The fourth-order valence-electron chi connectivity index (χ4n) is 4.18. The van der Waals surface area contributed by atoms with Gasteiger partial charge in [-0.05, 0) is 24.0 Å². The van der Waals surface area contributed by atoms with Crippen LogP contribution >= 0.6 is 0 Å². The Balaban J connectivity index is 2.08. The van der Waals surface area contributed by atoms with E-state index < -0.39 is 0 Å². The van der Waals surface area contributed by atoms with Crippen molar-refractivity contribution >= 4 is 6.08 Å². The van der Waals surface area contributed by atoms with Gasteiger partial charge in [0.1, 0.15) is 0 Å². The van der Waals surface area contributed by atoms with Crippen molar-refractivity contribution in [1.29, 1.82) is 0 Å². The lowest BCUT2D eigenvalue weighted by Gasteiger charge is -2.18. The number of rotatable bonds is 34. The lowest BCUT2D eigenvalue weighted by molar-refractivity contribution is -0.0150. The SMILES string of the molecule is C=Cc1ccc(C(COCCOCCOCCOCCCCCC)COCCOCCOCCOCCCCCC)cc1. The first-order valence-corrected chi connectivity index (χ1v) is 16.7. The van der Waals surface area contributed by atoms with E-state index in [0.29, 0.717) is 92.5 Å². The maximum Gasteiger partial charge on any atom is 0.0701 e. The second-order valence-corrected chi connectivity index (χ2v) is 10.5. The second kappa shape index (κ2) is 32.0. The molecule has 0 bridgehead atoms. The molecule has 0 atom stereocenters. The summed E-state index contributed by atoms with van der Waals surface area (Å²) in [5.41, 5.74) is 2.27. The van der Waals surface area contributed by atoms with Crippen LogP contribution in [0.4, 0.5) is 0 Å². The van der Waals surface area contributed by atoms with Gasteiger partial charge in [-0.15, -0.1) is 0 Å². The molecule has 0 saturated carbocycles. The first kappa shape index (κ1) is 39.7. The molecule has 1 aromatic carbocycles. The van der Waals surface area contributed by atoms with E-state index in [2.05, 4.69) is 44.7 Å². The molecule has 0 aliphatic carbocycles. The Labute approximate surface area is 262 Å². The second-order valence-electron chi connectivity index (χ2n) is 10.5. The first-order chi connectivity index (χ1) is 21.3. The van der Waals surface area contributed by atoms with E-state index in [1.807, 2.05) is 6.08 Å². The molecule has 0 N–H and O–H groups in total. The summed E-state index contributed by atoms with van der Waals surface area (Å²) in [5.74, 6) is 0.120. The molecule has 0 aromatic heterocycles. The summed E-state index contributed by atoms with van der Waals surface area (Å²) in [7, 11) is 0. The van der Waals surface area contributed by atoms with E-state index in [1.165, 1.54) is 44.1 Å². The van der Waals surface area contributed by atoms with Crippen molar-refractivity contribution < 1.29 is 37.9 Å². The Bertz CT molecular complexity index is 666. The van der Waals surface area contributed by atoms with Gasteiger partial charge in [0.25, 0.3) is 0 Å². The third kappa shape index (κ3) is 25.6. The molecule has 0 saturated heterocycles. The Morgan fingerprint density at radius 3 is 1.16 bits per heavy atom. The summed E-state index contributed by atoms with van der Waals surface area (Å²) >= 11 is 0. The summed E-state index contributed by atoms with van der Waals surface area (Å²) in [5, 5.41) is 0. The maximum absolute atomic E-state index is 5.94. The minimum atomic E-state index is 0.120. The van der Waals surface area contributed by atoms with Crippen molar-refractivity contribution in [2.45, 2.75) is 71.1 Å². The Kier molecular flexibility index (Phi) is 29.6. The summed E-state index contributed by atoms with van der Waals surface area (Å²) in [6.07, 6.45) is 11.6. The summed E-state index contributed by atoms with van der Waals surface area (Å²) < 4.78 is 45.5. The van der Waals surface area contributed by atoms with Gasteiger partial charge in [0.15, 0.2) is 0 Å². The minimum Gasteiger partial charge on any atom is -0.379 e. The summed E-state index contributed by atoms with van der Waals surface area (Å²) in [4.78, 5) is 0. The molecule has 43 heavy (non-hydrogen) atoms. The van der Waals surface area contributed by atoms with Crippen LogP contribution < -0.4 is 0 Å². The average Bonchev–Trinajstić information content (AvgIpc) is 3.03. The van der Waals surface area contributed by atoms with Crippen molar-refractivity contribution in [2.75, 3.05) is 106 Å². The van der Waals surface area contributed by atoms with Gasteiger partial charge in [-0.1, -0.05) is 89.3 Å². The van der Waals surface area contributed by atoms with Gasteiger partial charge >= 0.3 is 0 Å². The highest BCUT2D eigenvalue weighted by Crippen LogP contribution is 2.18. The van der Waals surface area contributed by atoms with Crippen LogP contribution in [0.2, 0.25) is 0 Å². The van der Waals surface area contributed by atoms with Crippen LogP contribution in [0.25, 0.3) is 6.08 Å². The Morgan fingerprint density at radius 2 is 0.814 bits per heavy atom. The van der Waals surface area contributed by atoms with Crippen molar-refractivity contribution in [3.05, 3.63) is 42.0 Å². The lowest BCUT2D eigenvalue weighted by Crippen LogP contribution is -2.19. The molecular formula is C35H62O8. The molecule has 0 aliphatic heterocycles. The van der Waals surface area contributed by atoms with Crippen LogP contribution in [0.15, 0.2) is 30.8 Å². The largest absolute Gasteiger partial charge is 0.379 e. The van der Waals surface area contributed by atoms with E-state index in [-0.39, 0.29) is 5.92 Å². The molecule has 8 heteroatoms. The zero-order valence-electron chi connectivity index (χ0n) is 27.4. The van der Waals surface area contributed by atoms with Gasteiger partial charge in [0.05, 0.1) is 92.5 Å². The summed E-state index contributed by atoms with van der Waals surface area (Å²) in [6, 6.07) is 8.35. The van der Waals surface area contributed by atoms with E-state index in [9.17, 15) is 0 Å². The van der Waals surface area contributed by atoms with E-state index in [4.69, 9.17) is 37.9 Å². The molecule has 1 aromatic rings. The van der Waals surface area contributed by atoms with Crippen LogP contribution in [0, 0.1) is 0 Å². The molecule has 8 nitrogen and oxygen atoms in total. The molecule has 250 valence electrons. The van der Waals surface area contributed by atoms with Crippen molar-refractivity contribution in [3.8, 4) is 0 Å². The molecule has 0 aliphatic rings. The standard InChI is InChI=1S/C35H62O8/c1-4-7-9-11-17-36-19-21-38-23-25-40-27-29-42-31-35(34-15-13-33(6-3)14-16-34)32-43-30-28-41-26-24-39-22-20-37-18-12-10-8-5-2/h6,13-16,35H,3-5,7-12,17-32H2,1-2H3. The monoisotopic (exact) mass is 610 g/mol. The quantitative estimate of drug-likeness (QED) is 0.0798. The van der Waals surface area contributed by atoms with E-state index in [0.717, 1.165) is 31.6 Å². The van der Waals surface area contributed by atoms with Gasteiger partial charge < -0.3 is 37.9 Å². The first-order valence-electron chi connectivity index (χ1n) is 16.7. The zero-order chi connectivity index (χ0) is 30.9. The third-order valence-corrected chi connectivity index (χ3v) is 6.80. The van der Waals surface area contributed by atoms with Crippen LogP contribution in [-0.2, 0) is 37.9 Å². The normalized spacial score (nSPS) is 11.5. The molecule has 0 amide bonds. The van der Waals surface area contributed by atoms with Crippen LogP contribution in [0.5, 0.6) is 0 Å². The number of hydrogen-bond acceptors (Lipinski definition) is 8. The van der Waals surface area contributed by atoms with Gasteiger partial charge in [-0.3, -0.25) is 0 Å². The number of benzene rings is 1. The highest BCUT2D eigenvalue weighted by Gasteiger charge is 2.13. The Hall–Kier alpha value is -1.36. The van der Waals surface area contributed by atoms with Gasteiger partial charge in [0.2, 0.25) is 0 Å². The molecule has 0 spiro atoms. The number of hydrogen-bond donors (Lipinski definition) is 0. The molecule has 0 unspecified atom stereocenters. The van der Waals surface area contributed by atoms with Crippen molar-refractivity contribution in [3.63, 3.8) is 0 Å². The fraction of sp³-hybridized carbons (Fsp3) is 0.771. The molecule has 0 heterocycles.